The zero-order valence-corrected chi connectivity index (χ0v) is 90.5. The standard InChI is InChI=1S/C132H196N2/c1-89(2)33-25-41-97(17)65-73-129(74-66-98(18)42-26-34-90(3)4)121-81-105(49-57-113(121)115-59-51-107(83-123(115)129)109-53-61-117-119-63-55-111(133)87-127(119)131(125(117)85-109,77-69-101(21)45-29-37-93(9)10)78-70-102(22)46-30-38-94(11)12)106-50-58-114-116-60-52-108(84-124(116)130(122(114)82-106,75-67-99(19)43-27-35-91(5)6)76-68-100(20)44-28-36-92(7)8)110-54-62-118-120-64-56-112(134)88-128(120)132(126(118)86-110,79-71-103(23)47-31-39-95(13)14)80-72-104(24)48-32-40-96(15)16/h49-64,81-104H,25-48,65-80,133-134H2,1-24H3/t97-,98-,99-,100-,101-,102-,103-,104-/m0/s1. The molecule has 4 N–H and O–H groups in total. The fourth-order valence-electron chi connectivity index (χ4n) is 25.8. The molecule has 0 saturated carbocycles. The van der Waals surface area contributed by atoms with Crippen LogP contribution in [0.3, 0.4) is 0 Å². The fourth-order valence-corrected chi connectivity index (χ4v) is 25.8. The van der Waals surface area contributed by atoms with E-state index in [9.17, 15) is 0 Å². The molecule has 0 aromatic heterocycles. The quantitative estimate of drug-likeness (QED) is 0.0373. The van der Waals surface area contributed by atoms with E-state index in [4.69, 9.17) is 11.5 Å². The molecule has 12 rings (SSSR count). The molecule has 734 valence electrons. The first-order chi connectivity index (χ1) is 64.0. The molecule has 4 aliphatic carbocycles. The molecule has 0 heterocycles. The third-order valence-electron chi connectivity index (χ3n) is 34.8. The van der Waals surface area contributed by atoms with E-state index < -0.39 is 0 Å². The Kier molecular flexibility index (Phi) is 38.8. The summed E-state index contributed by atoms with van der Waals surface area (Å²) in [6, 6.07) is 61.8. The lowest BCUT2D eigenvalue weighted by Crippen LogP contribution is -2.28. The number of rotatable bonds is 59. The van der Waals surface area contributed by atoms with Crippen LogP contribution in [0.1, 0.15) is 468 Å². The van der Waals surface area contributed by atoms with E-state index in [0.29, 0.717) is 47.3 Å². The van der Waals surface area contributed by atoms with Crippen LogP contribution in [-0.2, 0) is 21.7 Å². The number of benzene rings is 8. The van der Waals surface area contributed by atoms with Gasteiger partial charge in [0.05, 0.1) is 0 Å². The molecule has 0 amide bonds. The average molecular weight is 1810 g/mol. The van der Waals surface area contributed by atoms with Crippen LogP contribution in [0.15, 0.2) is 146 Å². The number of anilines is 2. The molecule has 8 atom stereocenters. The molecule has 0 fully saturated rings. The first kappa shape index (κ1) is 106. The van der Waals surface area contributed by atoms with Crippen LogP contribution in [0, 0.1) is 94.7 Å². The van der Waals surface area contributed by atoms with Crippen molar-refractivity contribution in [2.24, 2.45) is 94.7 Å². The topological polar surface area (TPSA) is 52.0 Å². The molecule has 8 aromatic carbocycles. The van der Waals surface area contributed by atoms with E-state index in [-0.39, 0.29) is 21.7 Å². The summed E-state index contributed by atoms with van der Waals surface area (Å²) in [6.07, 6.45) is 50.4. The van der Waals surface area contributed by atoms with Gasteiger partial charge in [-0.25, -0.2) is 0 Å². The SMILES string of the molecule is CC(C)CCC[C@H](C)CCC1(CC[C@@H](C)CCCC(C)C)c2cc(N)ccc2-c2ccc(-c3ccc4c(c3)C(CC[C@@H](C)CCCC(C)C)(CC[C@@H](C)CCCC(C)C)c3cc(-c5ccc6c(c5)C(CC[C@@H](C)CCCC(C)C)(CC[C@@H](C)CCCC(C)C)c5cc(-c7ccc8c(c7)C(CC[C@@H](C)CCCC(C)C)(CC[C@@H](C)CCCC(C)C)c7cc(N)ccc7-8)ccc5-6)ccc3-4)cc21. The average Bonchev–Trinajstić information content (AvgIpc) is 1.56. The Balaban J connectivity index is 1.01. The number of hydrogen-bond donors (Lipinski definition) is 2. The number of nitrogens with two attached hydrogens (primary N) is 2. The van der Waals surface area contributed by atoms with Crippen LogP contribution in [0.25, 0.3) is 77.9 Å². The van der Waals surface area contributed by atoms with E-state index in [0.717, 1.165) is 110 Å². The van der Waals surface area contributed by atoms with Crippen LogP contribution in [0.5, 0.6) is 0 Å². The zero-order valence-electron chi connectivity index (χ0n) is 90.5. The first-order valence-corrected chi connectivity index (χ1v) is 56.7. The van der Waals surface area contributed by atoms with Crippen molar-refractivity contribution in [3.8, 4) is 77.9 Å². The maximum atomic E-state index is 7.04. The lowest BCUT2D eigenvalue weighted by atomic mass is 9.67. The summed E-state index contributed by atoms with van der Waals surface area (Å²) in [7, 11) is 0. The summed E-state index contributed by atoms with van der Waals surface area (Å²) < 4.78 is 0. The Morgan fingerprint density at radius 1 is 0.157 bits per heavy atom. The van der Waals surface area contributed by atoms with Gasteiger partial charge in [-0.3, -0.25) is 0 Å². The molecule has 0 unspecified atom stereocenters. The van der Waals surface area contributed by atoms with Crippen molar-refractivity contribution < 1.29 is 0 Å². The Morgan fingerprint density at radius 2 is 0.284 bits per heavy atom. The number of hydrogen-bond acceptors (Lipinski definition) is 2. The molecule has 134 heavy (non-hydrogen) atoms. The smallest absolute Gasteiger partial charge is 0.0317 e. The van der Waals surface area contributed by atoms with E-state index in [1.165, 1.54) is 294 Å². The molecular weight excluding hydrogens is 1610 g/mol. The molecule has 0 saturated heterocycles. The van der Waals surface area contributed by atoms with Crippen molar-refractivity contribution in [1.82, 2.24) is 0 Å². The van der Waals surface area contributed by atoms with Crippen LogP contribution in [0.4, 0.5) is 11.4 Å². The molecule has 2 nitrogen and oxygen atoms in total. The van der Waals surface area contributed by atoms with Crippen molar-refractivity contribution in [3.63, 3.8) is 0 Å². The summed E-state index contributed by atoms with van der Waals surface area (Å²) in [5.74, 6) is 11.0. The van der Waals surface area contributed by atoms with Crippen LogP contribution in [0.2, 0.25) is 0 Å². The summed E-state index contributed by atoms with van der Waals surface area (Å²) in [5.41, 5.74) is 47.7. The molecule has 0 aliphatic heterocycles. The van der Waals surface area contributed by atoms with Gasteiger partial charge in [0, 0.05) is 33.0 Å². The third-order valence-corrected chi connectivity index (χ3v) is 34.8. The van der Waals surface area contributed by atoms with Gasteiger partial charge >= 0.3 is 0 Å². The Morgan fingerprint density at radius 3 is 0.418 bits per heavy atom. The molecule has 0 bridgehead atoms. The molecule has 0 spiro atoms. The Labute approximate surface area is 824 Å². The largest absolute Gasteiger partial charge is 0.399 e. The summed E-state index contributed by atoms with van der Waals surface area (Å²) in [6.45, 7) is 59.4. The minimum atomic E-state index is -0.171. The lowest BCUT2D eigenvalue weighted by Gasteiger charge is -2.36. The predicted molar refractivity (Wildman–Crippen MR) is 593 cm³/mol. The van der Waals surface area contributed by atoms with Gasteiger partial charge < -0.3 is 11.5 Å². The second kappa shape index (κ2) is 49.0. The Bertz CT molecular complexity index is 4570. The van der Waals surface area contributed by atoms with E-state index in [1.807, 2.05) is 0 Å². The van der Waals surface area contributed by atoms with E-state index in [2.05, 4.69) is 312 Å². The van der Waals surface area contributed by atoms with Gasteiger partial charge in [0.25, 0.3) is 0 Å². The third kappa shape index (κ3) is 26.7. The maximum Gasteiger partial charge on any atom is 0.0317 e. The van der Waals surface area contributed by atoms with Gasteiger partial charge in [-0.15, -0.1) is 0 Å². The number of nitrogen functional groups attached to an aromatic ring is 2. The van der Waals surface area contributed by atoms with Crippen molar-refractivity contribution in [1.29, 1.82) is 0 Å². The normalized spacial score (nSPS) is 16.5. The molecule has 0 radical (unpaired) electrons. The highest BCUT2D eigenvalue weighted by Gasteiger charge is 2.49. The second-order valence-electron chi connectivity index (χ2n) is 50.2. The van der Waals surface area contributed by atoms with Crippen molar-refractivity contribution in [2.75, 3.05) is 11.5 Å². The summed E-state index contributed by atoms with van der Waals surface area (Å²) >= 11 is 0. The zero-order chi connectivity index (χ0) is 96.3. The first-order valence-electron chi connectivity index (χ1n) is 56.7. The van der Waals surface area contributed by atoms with Crippen LogP contribution in [-0.4, -0.2) is 0 Å². The molecule has 8 aromatic rings. The van der Waals surface area contributed by atoms with Gasteiger partial charge in [0.15, 0.2) is 0 Å². The minimum Gasteiger partial charge on any atom is -0.399 e. The highest BCUT2D eigenvalue weighted by atomic mass is 14.6. The summed E-state index contributed by atoms with van der Waals surface area (Å²) in [5, 5.41) is 0. The van der Waals surface area contributed by atoms with E-state index in [1.54, 1.807) is 33.4 Å². The molecule has 4 aliphatic rings. The fraction of sp³-hybridized carbons (Fsp3) is 0.636. The predicted octanol–water partition coefficient (Wildman–Crippen LogP) is 40.9. The highest BCUT2D eigenvalue weighted by molar-refractivity contribution is 5.92. The second-order valence-corrected chi connectivity index (χ2v) is 50.2. The van der Waals surface area contributed by atoms with Crippen LogP contribution >= 0.6 is 0 Å². The summed E-state index contributed by atoms with van der Waals surface area (Å²) in [4.78, 5) is 0. The number of fused-ring (bicyclic) bond motifs is 12. The maximum absolute atomic E-state index is 7.04. The highest BCUT2D eigenvalue weighted by Crippen LogP contribution is 2.63. The van der Waals surface area contributed by atoms with Gasteiger partial charge in [-0.1, -0.05) is 405 Å². The monoisotopic (exact) mass is 1810 g/mol. The molecule has 2 heteroatoms. The van der Waals surface area contributed by atoms with Crippen molar-refractivity contribution in [2.45, 2.75) is 445 Å². The molecular formula is C132H196N2. The van der Waals surface area contributed by atoms with Gasteiger partial charge in [0.2, 0.25) is 0 Å². The van der Waals surface area contributed by atoms with Gasteiger partial charge in [-0.05, 0) is 380 Å². The van der Waals surface area contributed by atoms with E-state index >= 15 is 0 Å². The minimum absolute atomic E-state index is 0.114. The van der Waals surface area contributed by atoms with Crippen molar-refractivity contribution >= 4 is 11.4 Å². The van der Waals surface area contributed by atoms with Gasteiger partial charge in [0.1, 0.15) is 0 Å². The van der Waals surface area contributed by atoms with Gasteiger partial charge in [-0.2, -0.15) is 0 Å². The lowest BCUT2D eigenvalue weighted by molar-refractivity contribution is 0.327. The van der Waals surface area contributed by atoms with Crippen molar-refractivity contribution in [3.05, 3.63) is 190 Å². The van der Waals surface area contributed by atoms with Crippen LogP contribution < -0.4 is 11.5 Å². The Hall–Kier alpha value is -6.64.